The molecule has 0 radical (unpaired) electrons. The van der Waals surface area contributed by atoms with Crippen molar-refractivity contribution in [3.63, 3.8) is 0 Å². The summed E-state index contributed by atoms with van der Waals surface area (Å²) >= 11 is 0. The van der Waals surface area contributed by atoms with Crippen molar-refractivity contribution in [2.45, 2.75) is 45.2 Å². The Morgan fingerprint density at radius 3 is 2.38 bits per heavy atom. The highest BCUT2D eigenvalue weighted by Crippen LogP contribution is 2.42. The molecule has 1 aromatic heterocycles. The third kappa shape index (κ3) is 4.96. The highest BCUT2D eigenvalue weighted by molar-refractivity contribution is 5.39. The molecule has 0 fully saturated rings. The zero-order valence-corrected chi connectivity index (χ0v) is 15.3. The summed E-state index contributed by atoms with van der Waals surface area (Å²) in [5, 5.41) is 0. The topological polar surface area (TPSA) is 22.1 Å². The quantitative estimate of drug-likeness (QED) is 0.616. The van der Waals surface area contributed by atoms with Crippen molar-refractivity contribution >= 4 is 0 Å². The Kier molecular flexibility index (Phi) is 5.94. The maximum Gasteiger partial charge on any atom is 0.392 e. The molecule has 0 aliphatic rings. The zero-order chi connectivity index (χ0) is 19.5. The Morgan fingerprint density at radius 2 is 1.81 bits per heavy atom. The van der Waals surface area contributed by atoms with Crippen LogP contribution in [0.3, 0.4) is 0 Å². The fraction of sp³-hybridized carbons (Fsp3) is 0.450. The molecule has 0 spiro atoms. The molecular formula is C20H23F4NO. The molecule has 6 heteroatoms. The summed E-state index contributed by atoms with van der Waals surface area (Å²) in [7, 11) is 1.42. The highest BCUT2D eigenvalue weighted by Gasteiger charge is 2.43. The molecule has 0 aliphatic carbocycles. The highest BCUT2D eigenvalue weighted by atomic mass is 19.4. The van der Waals surface area contributed by atoms with Crippen LogP contribution in [0.15, 0.2) is 36.5 Å². The predicted octanol–water partition coefficient (Wildman–Crippen LogP) is 5.63. The van der Waals surface area contributed by atoms with Crippen LogP contribution in [-0.2, 0) is 11.8 Å². The Hall–Kier alpha value is -2.11. The van der Waals surface area contributed by atoms with Gasteiger partial charge in [-0.05, 0) is 54.7 Å². The number of alkyl halides is 3. The number of nitrogens with zero attached hydrogens (tertiary/aromatic N) is 1. The first-order valence-electron chi connectivity index (χ1n) is 8.35. The van der Waals surface area contributed by atoms with Gasteiger partial charge in [0.2, 0.25) is 0 Å². The number of rotatable bonds is 6. The van der Waals surface area contributed by atoms with Gasteiger partial charge in [-0.15, -0.1) is 0 Å². The maximum atomic E-state index is 13.7. The van der Waals surface area contributed by atoms with Crippen LogP contribution in [0.5, 0.6) is 5.75 Å². The maximum absolute atomic E-state index is 13.7. The van der Waals surface area contributed by atoms with Gasteiger partial charge in [0.15, 0.2) is 0 Å². The minimum Gasteiger partial charge on any atom is -0.496 e. The number of ether oxygens (including phenoxy) is 1. The lowest BCUT2D eigenvalue weighted by molar-refractivity contribution is -0.179. The standard InChI is InChI=1S/C20H23F4NO/c1-13-7-8-25-16(9-13)10-14(20(22,23)24)12-19(2,3)17-11-15(21)5-6-18(17)26-4/h5-9,11,14H,10,12H2,1-4H3. The normalized spacial score (nSPS) is 13.5. The van der Waals surface area contributed by atoms with Crippen molar-refractivity contribution in [1.82, 2.24) is 4.98 Å². The molecule has 1 unspecified atom stereocenters. The van der Waals surface area contributed by atoms with Crippen LogP contribution >= 0.6 is 0 Å². The van der Waals surface area contributed by atoms with Crippen LogP contribution in [-0.4, -0.2) is 18.3 Å². The molecule has 2 aromatic rings. The van der Waals surface area contributed by atoms with Crippen LogP contribution in [0, 0.1) is 18.7 Å². The van der Waals surface area contributed by atoms with E-state index < -0.39 is 23.3 Å². The van der Waals surface area contributed by atoms with Gasteiger partial charge >= 0.3 is 6.18 Å². The van der Waals surface area contributed by atoms with Gasteiger partial charge in [-0.2, -0.15) is 13.2 Å². The molecule has 0 saturated carbocycles. The number of benzene rings is 1. The van der Waals surface area contributed by atoms with E-state index in [0.717, 1.165) is 5.56 Å². The van der Waals surface area contributed by atoms with E-state index in [1.165, 1.54) is 31.5 Å². The second-order valence-electron chi connectivity index (χ2n) is 7.20. The fourth-order valence-electron chi connectivity index (χ4n) is 3.20. The van der Waals surface area contributed by atoms with E-state index in [9.17, 15) is 17.6 Å². The number of aromatic nitrogens is 1. The van der Waals surface area contributed by atoms with E-state index in [-0.39, 0.29) is 12.8 Å². The molecule has 0 bridgehead atoms. The lowest BCUT2D eigenvalue weighted by Gasteiger charge is -2.32. The molecule has 2 rings (SSSR count). The van der Waals surface area contributed by atoms with Gasteiger partial charge in [-0.25, -0.2) is 4.39 Å². The van der Waals surface area contributed by atoms with Gasteiger partial charge in [-0.3, -0.25) is 4.98 Å². The van der Waals surface area contributed by atoms with Crippen molar-refractivity contribution in [2.24, 2.45) is 5.92 Å². The van der Waals surface area contributed by atoms with Crippen LogP contribution in [0.4, 0.5) is 17.6 Å². The zero-order valence-electron chi connectivity index (χ0n) is 15.3. The average Bonchev–Trinajstić information content (AvgIpc) is 2.53. The predicted molar refractivity (Wildman–Crippen MR) is 92.8 cm³/mol. The van der Waals surface area contributed by atoms with Crippen molar-refractivity contribution in [1.29, 1.82) is 0 Å². The van der Waals surface area contributed by atoms with Gasteiger partial charge in [0, 0.05) is 23.9 Å². The van der Waals surface area contributed by atoms with E-state index in [1.807, 2.05) is 6.92 Å². The van der Waals surface area contributed by atoms with E-state index in [1.54, 1.807) is 26.0 Å². The molecule has 0 aliphatic heterocycles. The number of hydrogen-bond donors (Lipinski definition) is 0. The number of aryl methyl sites for hydroxylation is 1. The molecule has 0 saturated heterocycles. The van der Waals surface area contributed by atoms with Gasteiger partial charge in [0.1, 0.15) is 11.6 Å². The van der Waals surface area contributed by atoms with Gasteiger partial charge in [-0.1, -0.05) is 13.8 Å². The third-order valence-electron chi connectivity index (χ3n) is 4.54. The largest absolute Gasteiger partial charge is 0.496 e. The Morgan fingerprint density at radius 1 is 1.12 bits per heavy atom. The Labute approximate surface area is 151 Å². The Balaban J connectivity index is 2.34. The van der Waals surface area contributed by atoms with Crippen molar-refractivity contribution < 1.29 is 22.3 Å². The van der Waals surface area contributed by atoms with Crippen LogP contribution in [0.1, 0.15) is 37.1 Å². The lowest BCUT2D eigenvalue weighted by Crippen LogP contribution is -2.33. The molecule has 142 valence electrons. The number of pyridine rings is 1. The number of hydrogen-bond acceptors (Lipinski definition) is 2. The summed E-state index contributed by atoms with van der Waals surface area (Å²) in [6, 6.07) is 7.33. The van der Waals surface area contributed by atoms with E-state index >= 15 is 0 Å². The summed E-state index contributed by atoms with van der Waals surface area (Å²) in [5.41, 5.74) is 0.750. The van der Waals surface area contributed by atoms with Gasteiger partial charge in [0.25, 0.3) is 0 Å². The minimum absolute atomic E-state index is 0.202. The second kappa shape index (κ2) is 7.64. The molecule has 1 heterocycles. The third-order valence-corrected chi connectivity index (χ3v) is 4.54. The van der Waals surface area contributed by atoms with Crippen molar-refractivity contribution in [3.05, 3.63) is 59.2 Å². The van der Waals surface area contributed by atoms with Crippen LogP contribution < -0.4 is 4.74 Å². The minimum atomic E-state index is -4.39. The van der Waals surface area contributed by atoms with E-state index in [2.05, 4.69) is 4.98 Å². The number of halogens is 4. The van der Waals surface area contributed by atoms with Crippen molar-refractivity contribution in [2.75, 3.05) is 7.11 Å². The summed E-state index contributed by atoms with van der Waals surface area (Å²) in [6.07, 6.45) is -3.29. The van der Waals surface area contributed by atoms with Crippen LogP contribution in [0.25, 0.3) is 0 Å². The van der Waals surface area contributed by atoms with Gasteiger partial charge < -0.3 is 4.74 Å². The number of methoxy groups -OCH3 is 1. The van der Waals surface area contributed by atoms with Crippen molar-refractivity contribution in [3.8, 4) is 5.75 Å². The fourth-order valence-corrected chi connectivity index (χ4v) is 3.20. The first-order valence-corrected chi connectivity index (χ1v) is 8.35. The first kappa shape index (κ1) is 20.2. The second-order valence-corrected chi connectivity index (χ2v) is 7.20. The summed E-state index contributed by atoms with van der Waals surface area (Å²) < 4.78 is 60.0. The van der Waals surface area contributed by atoms with E-state index in [4.69, 9.17) is 4.74 Å². The smallest absolute Gasteiger partial charge is 0.392 e. The molecule has 0 amide bonds. The van der Waals surface area contributed by atoms with Crippen LogP contribution in [0.2, 0.25) is 0 Å². The summed E-state index contributed by atoms with van der Waals surface area (Å²) in [6.45, 7) is 5.16. The molecule has 1 aromatic carbocycles. The molecule has 1 atom stereocenters. The van der Waals surface area contributed by atoms with E-state index in [0.29, 0.717) is 17.0 Å². The average molecular weight is 369 g/mol. The monoisotopic (exact) mass is 369 g/mol. The van der Waals surface area contributed by atoms with Gasteiger partial charge in [0.05, 0.1) is 13.0 Å². The molecule has 26 heavy (non-hydrogen) atoms. The summed E-state index contributed by atoms with van der Waals surface area (Å²) in [5.74, 6) is -1.72. The molecular weight excluding hydrogens is 346 g/mol. The Bertz CT molecular complexity index is 756. The SMILES string of the molecule is COc1ccc(F)cc1C(C)(C)CC(Cc1cc(C)ccn1)C(F)(F)F. The summed E-state index contributed by atoms with van der Waals surface area (Å²) in [4.78, 5) is 4.06. The lowest BCUT2D eigenvalue weighted by atomic mass is 9.75. The molecule has 2 nitrogen and oxygen atoms in total. The first-order chi connectivity index (χ1) is 12.0. The molecule has 0 N–H and O–H groups in total.